The Morgan fingerprint density at radius 3 is 2.93 bits per heavy atom. The largest absolute Gasteiger partial charge is 0.353 e. The second-order valence-corrected chi connectivity index (χ2v) is 7.08. The third-order valence-electron chi connectivity index (χ3n) is 5.19. The molecular weight excluding hydrogens is 365 g/mol. The van der Waals surface area contributed by atoms with Gasteiger partial charge >= 0.3 is 6.17 Å². The second-order valence-electron chi connectivity index (χ2n) is 7.08. The Morgan fingerprint density at radius 1 is 1.50 bits per heavy atom. The van der Waals surface area contributed by atoms with Crippen molar-refractivity contribution in [3.05, 3.63) is 50.4 Å². The molecule has 146 valence electrons. The summed E-state index contributed by atoms with van der Waals surface area (Å²) in [5.74, 6) is -0.956. The molecule has 0 radical (unpaired) electrons. The number of aromatic nitrogens is 1. The number of fused-ring (bicyclic) bond motifs is 1. The molecule has 0 saturated carbocycles. The molecule has 0 bridgehead atoms. The first-order valence-corrected chi connectivity index (χ1v) is 8.97. The number of rotatable bonds is 4. The van der Waals surface area contributed by atoms with E-state index in [1.807, 2.05) is 6.07 Å². The van der Waals surface area contributed by atoms with E-state index in [1.165, 1.54) is 18.2 Å². The molecule has 2 heterocycles. The standard InChI is InChI=1S/C19H20FN5O3/c1-10-14-5-13(20)3-4-16(14)24-19(27)15(10)6-18(26)23-11(2)12-8-22-17(7-21)25(28)9-12/h3-5,11-12,17,22H,6,8-9H2,1-2H3,(H-,23,24,26,27)/p+1. The van der Waals surface area contributed by atoms with Crippen LogP contribution in [0, 0.1) is 34.9 Å². The molecule has 1 fully saturated rings. The van der Waals surface area contributed by atoms with E-state index in [2.05, 4.69) is 15.6 Å². The van der Waals surface area contributed by atoms with Gasteiger partial charge in [0.2, 0.25) is 12.5 Å². The Hall–Kier alpha value is -3.12. The van der Waals surface area contributed by atoms with Gasteiger partial charge in [-0.25, -0.2) is 9.71 Å². The zero-order valence-corrected chi connectivity index (χ0v) is 15.6. The summed E-state index contributed by atoms with van der Waals surface area (Å²) in [6.45, 7) is 4.01. The van der Waals surface area contributed by atoms with Crippen molar-refractivity contribution in [2.45, 2.75) is 32.5 Å². The molecule has 3 N–H and O–H groups in total. The monoisotopic (exact) mass is 386 g/mol. The Labute approximate surface area is 160 Å². The average Bonchev–Trinajstić information content (AvgIpc) is 2.65. The number of nitriles is 1. The van der Waals surface area contributed by atoms with E-state index in [-0.39, 0.29) is 42.0 Å². The number of amides is 1. The van der Waals surface area contributed by atoms with Gasteiger partial charge in [0.15, 0.2) is 6.07 Å². The molecule has 1 aliphatic rings. The van der Waals surface area contributed by atoms with Gasteiger partial charge in [0, 0.05) is 38.7 Å². The molecule has 28 heavy (non-hydrogen) atoms. The zero-order chi connectivity index (χ0) is 20.4. The van der Waals surface area contributed by atoms with Crippen LogP contribution in [0.25, 0.3) is 10.9 Å². The number of benzene rings is 1. The summed E-state index contributed by atoms with van der Waals surface area (Å²) in [5, 5.41) is 15.1. The minimum atomic E-state index is -0.877. The molecule has 1 aromatic heterocycles. The zero-order valence-electron chi connectivity index (χ0n) is 15.6. The summed E-state index contributed by atoms with van der Waals surface area (Å²) >= 11 is 0. The molecular formula is C19H21FN5O3+. The number of hydrogen-bond acceptors (Lipinski definition) is 5. The van der Waals surface area contributed by atoms with E-state index in [1.54, 1.807) is 13.8 Å². The number of nitrogens with one attached hydrogen (secondary N) is 3. The first-order chi connectivity index (χ1) is 13.3. The maximum Gasteiger partial charge on any atom is 0.341 e. The fourth-order valence-corrected chi connectivity index (χ4v) is 3.47. The first kappa shape index (κ1) is 19.6. The lowest BCUT2D eigenvalue weighted by Crippen LogP contribution is -2.54. The molecule has 3 atom stereocenters. The topological polar surface area (TPSA) is 118 Å². The van der Waals surface area contributed by atoms with Crippen LogP contribution >= 0.6 is 0 Å². The van der Waals surface area contributed by atoms with Crippen LogP contribution in [-0.4, -0.2) is 40.9 Å². The number of carbonyl (C=O) groups excluding carboxylic acids is 1. The minimum Gasteiger partial charge on any atom is -0.353 e. The van der Waals surface area contributed by atoms with Gasteiger partial charge < -0.3 is 10.3 Å². The Morgan fingerprint density at radius 2 is 2.25 bits per heavy atom. The molecule has 1 saturated heterocycles. The molecule has 2 aromatic rings. The molecule has 1 amide bonds. The average molecular weight is 386 g/mol. The Bertz CT molecular complexity index is 1040. The van der Waals surface area contributed by atoms with Crippen LogP contribution in [0.5, 0.6) is 0 Å². The van der Waals surface area contributed by atoms with Crippen LogP contribution in [0.4, 0.5) is 4.39 Å². The van der Waals surface area contributed by atoms with Gasteiger partial charge in [0.25, 0.3) is 5.56 Å². The number of nitrogens with zero attached hydrogens (tertiary/aromatic N) is 2. The van der Waals surface area contributed by atoms with Crippen LogP contribution in [0.2, 0.25) is 0 Å². The fourth-order valence-electron chi connectivity index (χ4n) is 3.47. The highest BCUT2D eigenvalue weighted by Gasteiger charge is 2.37. The lowest BCUT2D eigenvalue weighted by Gasteiger charge is -2.26. The van der Waals surface area contributed by atoms with E-state index >= 15 is 0 Å². The third kappa shape index (κ3) is 3.92. The number of nitroso groups, excluding NO2 is 1. The van der Waals surface area contributed by atoms with Crippen molar-refractivity contribution in [3.63, 3.8) is 0 Å². The van der Waals surface area contributed by atoms with Gasteiger partial charge in [-0.15, -0.1) is 0 Å². The summed E-state index contributed by atoms with van der Waals surface area (Å²) in [6.07, 6.45) is -1.03. The number of H-pyrrole nitrogens is 1. The third-order valence-corrected chi connectivity index (χ3v) is 5.19. The summed E-state index contributed by atoms with van der Waals surface area (Å²) in [6, 6.07) is 5.62. The predicted molar refractivity (Wildman–Crippen MR) is 100.0 cm³/mol. The highest BCUT2D eigenvalue weighted by atomic mass is 19.1. The van der Waals surface area contributed by atoms with Gasteiger partial charge in [-0.1, -0.05) is 0 Å². The van der Waals surface area contributed by atoms with Crippen molar-refractivity contribution >= 4 is 16.8 Å². The van der Waals surface area contributed by atoms with E-state index in [9.17, 15) is 18.9 Å². The minimum absolute atomic E-state index is 0.127. The summed E-state index contributed by atoms with van der Waals surface area (Å²) in [5.41, 5.74) is 0.959. The van der Waals surface area contributed by atoms with Gasteiger partial charge in [-0.2, -0.15) is 5.26 Å². The summed E-state index contributed by atoms with van der Waals surface area (Å²) in [4.78, 5) is 39.3. The number of hydrogen-bond donors (Lipinski definition) is 3. The Balaban J connectivity index is 1.72. The molecule has 3 unspecified atom stereocenters. The van der Waals surface area contributed by atoms with Crippen LogP contribution in [-0.2, 0) is 11.2 Å². The molecule has 0 spiro atoms. The van der Waals surface area contributed by atoms with E-state index < -0.39 is 12.0 Å². The fraction of sp³-hybridized carbons (Fsp3) is 0.421. The second kappa shape index (κ2) is 7.86. The van der Waals surface area contributed by atoms with Crippen LogP contribution in [0.3, 0.4) is 0 Å². The van der Waals surface area contributed by atoms with Crippen molar-refractivity contribution in [1.82, 2.24) is 15.6 Å². The highest BCUT2D eigenvalue weighted by molar-refractivity contribution is 5.85. The first-order valence-electron chi connectivity index (χ1n) is 8.97. The van der Waals surface area contributed by atoms with Crippen LogP contribution < -0.4 is 16.2 Å². The number of aromatic amines is 1. The molecule has 8 nitrogen and oxygen atoms in total. The van der Waals surface area contributed by atoms with Gasteiger partial charge in [0.1, 0.15) is 5.82 Å². The number of halogens is 1. The number of carbonyl (C=O) groups is 1. The number of aryl methyl sites for hydroxylation is 1. The lowest BCUT2D eigenvalue weighted by molar-refractivity contribution is -0.594. The van der Waals surface area contributed by atoms with Crippen molar-refractivity contribution in [1.29, 1.82) is 5.26 Å². The maximum atomic E-state index is 13.5. The van der Waals surface area contributed by atoms with Crippen molar-refractivity contribution in [2.24, 2.45) is 5.92 Å². The van der Waals surface area contributed by atoms with Gasteiger partial charge in [-0.05, 0) is 37.6 Å². The lowest BCUT2D eigenvalue weighted by atomic mass is 9.98. The summed E-state index contributed by atoms with van der Waals surface area (Å²) in [7, 11) is 0. The Kier molecular flexibility index (Phi) is 5.51. The molecule has 9 heteroatoms. The summed E-state index contributed by atoms with van der Waals surface area (Å²) < 4.78 is 14.2. The van der Waals surface area contributed by atoms with Gasteiger partial charge in [0.05, 0.1) is 12.3 Å². The smallest absolute Gasteiger partial charge is 0.341 e. The van der Waals surface area contributed by atoms with Gasteiger partial charge in [-0.3, -0.25) is 9.59 Å². The van der Waals surface area contributed by atoms with E-state index in [0.717, 1.165) is 0 Å². The van der Waals surface area contributed by atoms with E-state index in [0.29, 0.717) is 27.8 Å². The normalized spacial score (nSPS) is 20.6. The molecule has 3 rings (SSSR count). The quantitative estimate of drug-likeness (QED) is 0.674. The molecule has 1 aliphatic heterocycles. The van der Waals surface area contributed by atoms with Crippen molar-refractivity contribution in [2.75, 3.05) is 13.1 Å². The number of pyridine rings is 1. The molecule has 1 aromatic carbocycles. The highest BCUT2D eigenvalue weighted by Crippen LogP contribution is 2.19. The van der Waals surface area contributed by atoms with Crippen molar-refractivity contribution < 1.29 is 13.9 Å². The van der Waals surface area contributed by atoms with Crippen LogP contribution in [0.15, 0.2) is 23.0 Å². The maximum absolute atomic E-state index is 13.5. The van der Waals surface area contributed by atoms with E-state index in [4.69, 9.17) is 5.26 Å². The van der Waals surface area contributed by atoms with Crippen molar-refractivity contribution in [3.8, 4) is 6.07 Å². The van der Waals surface area contributed by atoms with Crippen LogP contribution in [0.1, 0.15) is 18.1 Å². The SMILES string of the molecule is Cc1c(CC(=O)NC(C)C2CNC(C#N)[N+](=O)C2)c(=O)[nH]c2ccc(F)cc12. The predicted octanol–water partition coefficient (Wildman–Crippen LogP) is 0.871. The molecule has 0 aliphatic carbocycles.